The van der Waals surface area contributed by atoms with E-state index in [1.54, 1.807) is 11.1 Å². The molecule has 0 bridgehead atoms. The molecule has 0 aliphatic carbocycles. The van der Waals surface area contributed by atoms with Gasteiger partial charge in [0.2, 0.25) is 6.41 Å². The molecule has 3 aromatic rings. The van der Waals surface area contributed by atoms with Crippen LogP contribution in [0.25, 0.3) is 17.0 Å². The molecule has 7 nitrogen and oxygen atoms in total. The highest BCUT2D eigenvalue weighted by molar-refractivity contribution is 9.10. The molecule has 0 unspecified atom stereocenters. The highest BCUT2D eigenvalue weighted by Gasteiger charge is 2.18. The first-order valence-corrected chi connectivity index (χ1v) is 11.2. The summed E-state index contributed by atoms with van der Waals surface area (Å²) in [5, 5.41) is 0. The molecule has 0 fully saturated rings. The molecule has 2 aromatic heterocycles. The van der Waals surface area contributed by atoms with Gasteiger partial charge in [0.05, 0.1) is 18.4 Å². The number of imidazole rings is 1. The van der Waals surface area contributed by atoms with Crippen LogP contribution in [-0.2, 0) is 18.4 Å². The molecule has 32 heavy (non-hydrogen) atoms. The molecule has 1 aromatic carbocycles. The number of benzene rings is 1. The number of rotatable bonds is 9. The van der Waals surface area contributed by atoms with Gasteiger partial charge in [-0.15, -0.1) is 0 Å². The van der Waals surface area contributed by atoms with Crippen molar-refractivity contribution in [3.63, 3.8) is 0 Å². The van der Waals surface area contributed by atoms with Crippen molar-refractivity contribution >= 4 is 39.4 Å². The summed E-state index contributed by atoms with van der Waals surface area (Å²) < 4.78 is 2.76. The van der Waals surface area contributed by atoms with Crippen LogP contribution in [0.4, 0.5) is 11.5 Å². The van der Waals surface area contributed by atoms with Crippen LogP contribution in [0, 0.1) is 5.92 Å². The van der Waals surface area contributed by atoms with Gasteiger partial charge in [-0.25, -0.2) is 15.0 Å². The lowest BCUT2D eigenvalue weighted by molar-refractivity contribution is -0.107. The number of hydrogen-bond donors (Lipinski definition) is 0. The van der Waals surface area contributed by atoms with E-state index in [1.807, 2.05) is 61.1 Å². The summed E-state index contributed by atoms with van der Waals surface area (Å²) in [5.74, 6) is 2.46. The first-order valence-electron chi connectivity index (χ1n) is 10.4. The fraction of sp³-hybridized carbons (Fsp3) is 0.333. The van der Waals surface area contributed by atoms with Crippen molar-refractivity contribution in [2.45, 2.75) is 26.8 Å². The Labute approximate surface area is 197 Å². The number of hydrogen-bond acceptors (Lipinski definition) is 5. The van der Waals surface area contributed by atoms with Crippen LogP contribution in [0.15, 0.2) is 47.8 Å². The summed E-state index contributed by atoms with van der Waals surface area (Å²) in [6.07, 6.45) is 5.28. The normalized spacial score (nSPS) is 11.0. The highest BCUT2D eigenvalue weighted by atomic mass is 79.9. The van der Waals surface area contributed by atoms with Crippen LogP contribution in [0.2, 0.25) is 0 Å². The van der Waals surface area contributed by atoms with Gasteiger partial charge in [0.15, 0.2) is 11.6 Å². The van der Waals surface area contributed by atoms with E-state index in [0.717, 1.165) is 45.6 Å². The largest absolute Gasteiger partial charge is 0.373 e. The SMILES string of the molecule is C=C(CC(C)C)c1ncc(N(C)C)c(N(C=O)Cc2ccc(-c3nc(Br)cn3C)cc2)n1. The molecular formula is C24H29BrN6O. The predicted octanol–water partition coefficient (Wildman–Crippen LogP) is 4.93. The summed E-state index contributed by atoms with van der Waals surface area (Å²) >= 11 is 3.41. The summed E-state index contributed by atoms with van der Waals surface area (Å²) in [6, 6.07) is 8.03. The van der Waals surface area contributed by atoms with Gasteiger partial charge in [0.25, 0.3) is 0 Å². The smallest absolute Gasteiger partial charge is 0.215 e. The van der Waals surface area contributed by atoms with Gasteiger partial charge in [-0.1, -0.05) is 44.7 Å². The van der Waals surface area contributed by atoms with E-state index >= 15 is 0 Å². The standard InChI is InChI=1S/C24H29BrN6O/c1-16(2)11-17(3)22-26-12-20(29(4)5)24(28-22)31(15-32)13-18-7-9-19(10-8-18)23-27-21(25)14-30(23)6/h7-10,12,14-16H,3,11,13H2,1-2,4-6H3. The van der Waals surface area contributed by atoms with E-state index in [-0.39, 0.29) is 0 Å². The Morgan fingerprint density at radius 3 is 2.44 bits per heavy atom. The van der Waals surface area contributed by atoms with Crippen molar-refractivity contribution in [3.8, 4) is 11.4 Å². The van der Waals surface area contributed by atoms with Crippen molar-refractivity contribution in [3.05, 3.63) is 59.2 Å². The highest BCUT2D eigenvalue weighted by Crippen LogP contribution is 2.29. The number of allylic oxidation sites excluding steroid dienone is 1. The molecule has 0 saturated heterocycles. The Morgan fingerprint density at radius 1 is 1.22 bits per heavy atom. The third kappa shape index (κ3) is 5.43. The molecule has 0 N–H and O–H groups in total. The maximum Gasteiger partial charge on any atom is 0.215 e. The molecule has 2 heterocycles. The number of nitrogens with zero attached hydrogens (tertiary/aromatic N) is 6. The van der Waals surface area contributed by atoms with E-state index in [2.05, 4.69) is 46.3 Å². The molecule has 0 atom stereocenters. The fourth-order valence-electron chi connectivity index (χ4n) is 3.46. The number of amides is 1. The molecule has 8 heteroatoms. The lowest BCUT2D eigenvalue weighted by Crippen LogP contribution is -2.25. The van der Waals surface area contributed by atoms with Crippen LogP contribution in [0.3, 0.4) is 0 Å². The van der Waals surface area contributed by atoms with Gasteiger partial charge in [-0.2, -0.15) is 0 Å². The first-order chi connectivity index (χ1) is 15.2. The van der Waals surface area contributed by atoms with Gasteiger partial charge >= 0.3 is 0 Å². The maximum atomic E-state index is 12.1. The maximum absolute atomic E-state index is 12.1. The Balaban J connectivity index is 1.89. The molecule has 0 saturated carbocycles. The number of carbonyl (C=O) groups excluding carboxylic acids is 1. The monoisotopic (exact) mass is 496 g/mol. The lowest BCUT2D eigenvalue weighted by Gasteiger charge is -2.24. The number of anilines is 2. The second kappa shape index (κ2) is 10.1. The van der Waals surface area contributed by atoms with E-state index < -0.39 is 0 Å². The van der Waals surface area contributed by atoms with Gasteiger partial charge in [0.1, 0.15) is 10.4 Å². The van der Waals surface area contributed by atoms with Gasteiger partial charge in [0, 0.05) is 32.9 Å². The van der Waals surface area contributed by atoms with Gasteiger partial charge < -0.3 is 9.47 Å². The molecule has 3 rings (SSSR count). The lowest BCUT2D eigenvalue weighted by atomic mass is 10.0. The average molecular weight is 497 g/mol. The summed E-state index contributed by atoms with van der Waals surface area (Å²) in [7, 11) is 5.78. The topological polar surface area (TPSA) is 67.2 Å². The van der Waals surface area contributed by atoms with Crippen LogP contribution in [0.1, 0.15) is 31.7 Å². The number of carbonyl (C=O) groups is 1. The minimum Gasteiger partial charge on any atom is -0.373 e. The van der Waals surface area contributed by atoms with E-state index in [1.165, 1.54) is 0 Å². The zero-order valence-electron chi connectivity index (χ0n) is 19.2. The fourth-order valence-corrected chi connectivity index (χ4v) is 3.94. The number of halogens is 1. The molecular weight excluding hydrogens is 468 g/mol. The second-order valence-electron chi connectivity index (χ2n) is 8.43. The Hall–Kier alpha value is -3.00. The zero-order valence-corrected chi connectivity index (χ0v) is 20.8. The van der Waals surface area contributed by atoms with Crippen molar-refractivity contribution in [1.82, 2.24) is 19.5 Å². The van der Waals surface area contributed by atoms with Crippen molar-refractivity contribution in [1.29, 1.82) is 0 Å². The number of aryl methyl sites for hydroxylation is 1. The van der Waals surface area contributed by atoms with E-state index in [4.69, 9.17) is 4.98 Å². The molecule has 0 radical (unpaired) electrons. The summed E-state index contributed by atoms with van der Waals surface area (Å²) in [4.78, 5) is 29.3. The van der Waals surface area contributed by atoms with Crippen LogP contribution in [0.5, 0.6) is 0 Å². The summed E-state index contributed by atoms with van der Waals surface area (Å²) in [5.41, 5.74) is 3.62. The number of aromatic nitrogens is 4. The van der Waals surface area contributed by atoms with Crippen LogP contribution < -0.4 is 9.80 Å². The average Bonchev–Trinajstić information content (AvgIpc) is 3.09. The Bertz CT molecular complexity index is 1100. The quantitative estimate of drug-likeness (QED) is 0.393. The molecule has 0 aliphatic rings. The van der Waals surface area contributed by atoms with Crippen molar-refractivity contribution in [2.24, 2.45) is 13.0 Å². The molecule has 1 amide bonds. The predicted molar refractivity (Wildman–Crippen MR) is 133 cm³/mol. The van der Waals surface area contributed by atoms with Crippen LogP contribution >= 0.6 is 15.9 Å². The van der Waals surface area contributed by atoms with Crippen LogP contribution in [-0.4, -0.2) is 40.0 Å². The molecule has 0 spiro atoms. The minimum atomic E-state index is 0.391. The molecule has 168 valence electrons. The first kappa shape index (κ1) is 23.7. The zero-order chi connectivity index (χ0) is 23.4. The van der Waals surface area contributed by atoms with E-state index in [9.17, 15) is 4.79 Å². The van der Waals surface area contributed by atoms with Gasteiger partial charge in [-0.3, -0.25) is 9.69 Å². The third-order valence-electron chi connectivity index (χ3n) is 5.01. The van der Waals surface area contributed by atoms with E-state index in [0.29, 0.717) is 24.1 Å². The third-order valence-corrected chi connectivity index (χ3v) is 5.40. The minimum absolute atomic E-state index is 0.391. The van der Waals surface area contributed by atoms with Crippen molar-refractivity contribution < 1.29 is 4.79 Å². The summed E-state index contributed by atoms with van der Waals surface area (Å²) in [6.45, 7) is 8.79. The van der Waals surface area contributed by atoms with Crippen molar-refractivity contribution in [2.75, 3.05) is 23.9 Å². The Morgan fingerprint density at radius 2 is 1.91 bits per heavy atom. The van der Waals surface area contributed by atoms with Gasteiger partial charge in [-0.05, 0) is 39.4 Å². The Kier molecular flexibility index (Phi) is 7.45. The molecule has 0 aliphatic heterocycles. The second-order valence-corrected chi connectivity index (χ2v) is 9.24.